The van der Waals surface area contributed by atoms with Gasteiger partial charge in [0.15, 0.2) is 5.82 Å². The van der Waals surface area contributed by atoms with Crippen LogP contribution in [0.15, 0.2) is 4.52 Å². The Morgan fingerprint density at radius 3 is 2.65 bits per heavy atom. The number of nitrogens with zero attached hydrogens (tertiary/aromatic N) is 4. The Morgan fingerprint density at radius 2 is 1.96 bits per heavy atom. The summed E-state index contributed by atoms with van der Waals surface area (Å²) in [6.07, 6.45) is 8.11. The predicted molar refractivity (Wildman–Crippen MR) is 94.3 cm³/mol. The van der Waals surface area contributed by atoms with Crippen LogP contribution in [0, 0.1) is 5.92 Å². The second kappa shape index (κ2) is 7.37. The summed E-state index contributed by atoms with van der Waals surface area (Å²) in [5.41, 5.74) is 0. The molecule has 2 aliphatic carbocycles. The van der Waals surface area contributed by atoms with Gasteiger partial charge >= 0.3 is 0 Å². The third-order valence-corrected chi connectivity index (χ3v) is 6.01. The fourth-order valence-electron chi connectivity index (χ4n) is 4.31. The largest absolute Gasteiger partial charge is 0.340 e. The zero-order valence-corrected chi connectivity index (χ0v) is 15.5. The monoisotopic (exact) mass is 360 g/mol. The van der Waals surface area contributed by atoms with Gasteiger partial charge in [-0.3, -0.25) is 9.59 Å². The van der Waals surface area contributed by atoms with Crippen LogP contribution in [-0.4, -0.2) is 57.4 Å². The molecule has 1 aromatic rings. The number of carbonyl (C=O) groups is 2. The van der Waals surface area contributed by atoms with E-state index in [1.54, 1.807) is 6.92 Å². The van der Waals surface area contributed by atoms with Crippen molar-refractivity contribution in [2.45, 2.75) is 70.3 Å². The van der Waals surface area contributed by atoms with E-state index in [2.05, 4.69) is 10.1 Å². The van der Waals surface area contributed by atoms with Crippen molar-refractivity contribution in [3.63, 3.8) is 0 Å². The van der Waals surface area contributed by atoms with Crippen molar-refractivity contribution in [1.82, 2.24) is 19.9 Å². The van der Waals surface area contributed by atoms with E-state index < -0.39 is 0 Å². The molecule has 1 unspecified atom stereocenters. The maximum absolute atomic E-state index is 12.6. The van der Waals surface area contributed by atoms with Gasteiger partial charge in [-0.15, -0.1) is 0 Å². The molecule has 3 aliphatic rings. The fraction of sp³-hybridized carbons (Fsp3) is 0.789. The molecular weight excluding hydrogens is 332 g/mol. The van der Waals surface area contributed by atoms with E-state index >= 15 is 0 Å². The molecule has 2 heterocycles. The maximum atomic E-state index is 12.6. The molecule has 1 aliphatic heterocycles. The van der Waals surface area contributed by atoms with E-state index in [1.807, 2.05) is 9.80 Å². The molecule has 0 spiro atoms. The quantitative estimate of drug-likeness (QED) is 0.776. The number of rotatable bonds is 6. The fourth-order valence-corrected chi connectivity index (χ4v) is 4.31. The van der Waals surface area contributed by atoms with E-state index in [9.17, 15) is 9.59 Å². The van der Waals surface area contributed by atoms with Crippen LogP contribution in [0.25, 0.3) is 0 Å². The van der Waals surface area contributed by atoms with E-state index in [0.29, 0.717) is 37.2 Å². The van der Waals surface area contributed by atoms with Crippen molar-refractivity contribution < 1.29 is 14.1 Å². The van der Waals surface area contributed by atoms with Gasteiger partial charge in [-0.1, -0.05) is 18.0 Å². The van der Waals surface area contributed by atoms with Crippen LogP contribution in [0.3, 0.4) is 0 Å². The molecule has 0 N–H and O–H groups in total. The average molecular weight is 360 g/mol. The molecule has 2 amide bonds. The second-order valence-electron chi connectivity index (χ2n) is 7.99. The summed E-state index contributed by atoms with van der Waals surface area (Å²) in [5, 5.41) is 4.04. The Hall–Kier alpha value is -1.92. The van der Waals surface area contributed by atoms with Gasteiger partial charge in [0, 0.05) is 44.8 Å². The Morgan fingerprint density at radius 1 is 1.19 bits per heavy atom. The molecule has 7 nitrogen and oxygen atoms in total. The van der Waals surface area contributed by atoms with E-state index in [4.69, 9.17) is 4.52 Å². The molecule has 2 saturated carbocycles. The van der Waals surface area contributed by atoms with Crippen molar-refractivity contribution in [3.8, 4) is 0 Å². The average Bonchev–Trinajstić information content (AvgIpc) is 3.08. The third-order valence-electron chi connectivity index (χ3n) is 6.01. The zero-order chi connectivity index (χ0) is 18.1. The van der Waals surface area contributed by atoms with Gasteiger partial charge < -0.3 is 14.3 Å². The number of hydrogen-bond acceptors (Lipinski definition) is 5. The minimum atomic E-state index is 0.0519. The normalized spacial score (nSPS) is 23.6. The lowest BCUT2D eigenvalue weighted by atomic mass is 10.1. The lowest BCUT2D eigenvalue weighted by molar-refractivity contribution is -0.136. The standard InChI is InChI=1S/C19H28N4O3/c1-13(24)23(11-9-17-20-18(26-21-17)14-6-7-14)16-8-10-22(12-16)19(25)15-4-2-3-5-15/h14-16H,2-12H2,1H3. The Labute approximate surface area is 154 Å². The Kier molecular flexibility index (Phi) is 4.96. The van der Waals surface area contributed by atoms with Crippen molar-refractivity contribution in [3.05, 3.63) is 11.7 Å². The van der Waals surface area contributed by atoms with Crippen LogP contribution < -0.4 is 0 Å². The molecule has 0 radical (unpaired) electrons. The van der Waals surface area contributed by atoms with Gasteiger partial charge in [0.05, 0.1) is 6.04 Å². The molecule has 7 heteroatoms. The van der Waals surface area contributed by atoms with Crippen LogP contribution in [0.4, 0.5) is 0 Å². The van der Waals surface area contributed by atoms with Crippen molar-refractivity contribution >= 4 is 11.8 Å². The van der Waals surface area contributed by atoms with Gasteiger partial charge in [0.1, 0.15) is 0 Å². The lowest BCUT2D eigenvalue weighted by Crippen LogP contribution is -2.43. The number of hydrogen-bond donors (Lipinski definition) is 0. The minimum Gasteiger partial charge on any atom is -0.340 e. The molecule has 0 bridgehead atoms. The summed E-state index contributed by atoms with van der Waals surface area (Å²) in [7, 11) is 0. The molecular formula is C19H28N4O3. The summed E-state index contributed by atoms with van der Waals surface area (Å²) in [4.78, 5) is 33.1. The second-order valence-corrected chi connectivity index (χ2v) is 7.99. The summed E-state index contributed by atoms with van der Waals surface area (Å²) >= 11 is 0. The van der Waals surface area contributed by atoms with Crippen LogP contribution in [-0.2, 0) is 16.0 Å². The predicted octanol–water partition coefficient (Wildman–Crippen LogP) is 2.13. The topological polar surface area (TPSA) is 79.5 Å². The van der Waals surface area contributed by atoms with Gasteiger partial charge in [0.2, 0.25) is 17.7 Å². The number of likely N-dealkylation sites (tertiary alicyclic amines) is 1. The maximum Gasteiger partial charge on any atom is 0.229 e. The number of aromatic nitrogens is 2. The molecule has 26 heavy (non-hydrogen) atoms. The molecule has 3 fully saturated rings. The number of carbonyl (C=O) groups excluding carboxylic acids is 2. The van der Waals surface area contributed by atoms with Crippen molar-refractivity contribution in [2.24, 2.45) is 5.92 Å². The minimum absolute atomic E-state index is 0.0519. The van der Waals surface area contributed by atoms with Crippen LogP contribution in [0.5, 0.6) is 0 Å². The molecule has 1 saturated heterocycles. The molecule has 1 aromatic heterocycles. The highest BCUT2D eigenvalue weighted by atomic mass is 16.5. The highest BCUT2D eigenvalue weighted by Gasteiger charge is 2.35. The molecule has 0 aromatic carbocycles. The van der Waals surface area contributed by atoms with Crippen LogP contribution >= 0.6 is 0 Å². The first-order valence-electron chi connectivity index (χ1n) is 10.0. The smallest absolute Gasteiger partial charge is 0.229 e. The summed E-state index contributed by atoms with van der Waals surface area (Å²) in [6, 6.07) is 0.104. The first kappa shape index (κ1) is 17.5. The van der Waals surface area contributed by atoms with Crippen LogP contribution in [0.1, 0.15) is 69.5 Å². The van der Waals surface area contributed by atoms with Gasteiger partial charge in [-0.2, -0.15) is 4.98 Å². The van der Waals surface area contributed by atoms with Gasteiger partial charge in [-0.05, 0) is 32.1 Å². The highest BCUT2D eigenvalue weighted by molar-refractivity contribution is 5.80. The zero-order valence-electron chi connectivity index (χ0n) is 15.5. The lowest BCUT2D eigenvalue weighted by Gasteiger charge is -2.28. The van der Waals surface area contributed by atoms with Gasteiger partial charge in [-0.25, -0.2) is 0 Å². The Balaban J connectivity index is 1.32. The van der Waals surface area contributed by atoms with Crippen molar-refractivity contribution in [1.29, 1.82) is 0 Å². The van der Waals surface area contributed by atoms with E-state index in [-0.39, 0.29) is 17.9 Å². The Bertz CT molecular complexity index is 663. The summed E-state index contributed by atoms with van der Waals surface area (Å²) < 4.78 is 5.29. The summed E-state index contributed by atoms with van der Waals surface area (Å²) in [6.45, 7) is 3.61. The van der Waals surface area contributed by atoms with Gasteiger partial charge in [0.25, 0.3) is 0 Å². The highest BCUT2D eigenvalue weighted by Crippen LogP contribution is 2.38. The van der Waals surface area contributed by atoms with Crippen LogP contribution in [0.2, 0.25) is 0 Å². The third kappa shape index (κ3) is 3.76. The molecule has 4 rings (SSSR count). The first-order chi connectivity index (χ1) is 12.6. The molecule has 1 atom stereocenters. The molecule has 142 valence electrons. The van der Waals surface area contributed by atoms with E-state index in [1.165, 1.54) is 12.8 Å². The van der Waals surface area contributed by atoms with Crippen molar-refractivity contribution in [2.75, 3.05) is 19.6 Å². The van der Waals surface area contributed by atoms with E-state index in [0.717, 1.165) is 44.5 Å². The SMILES string of the molecule is CC(=O)N(CCc1noc(C2CC2)n1)C1CCN(C(=O)C2CCCC2)C1. The summed E-state index contributed by atoms with van der Waals surface area (Å²) in [5.74, 6) is 2.42. The first-order valence-corrected chi connectivity index (χ1v) is 10.0. The number of amides is 2.